The van der Waals surface area contributed by atoms with Crippen molar-refractivity contribution in [1.82, 2.24) is 10.2 Å². The van der Waals surface area contributed by atoms with Crippen LogP contribution in [-0.2, 0) is 23.9 Å². The van der Waals surface area contributed by atoms with E-state index in [1.165, 1.54) is 12.0 Å². The number of aliphatic carboxylic acids is 1. The number of ether oxygens (including phenoxy) is 1. The zero-order valence-corrected chi connectivity index (χ0v) is 15.8. The summed E-state index contributed by atoms with van der Waals surface area (Å²) in [6.07, 6.45) is 3.70. The molecule has 0 spiro atoms. The Hall–Kier alpha value is -2.12. The summed E-state index contributed by atoms with van der Waals surface area (Å²) in [5, 5.41) is 11.9. The van der Waals surface area contributed by atoms with Crippen molar-refractivity contribution < 1.29 is 29.0 Å². The van der Waals surface area contributed by atoms with Gasteiger partial charge in [-0.15, -0.1) is 0 Å². The molecule has 0 aromatic heterocycles. The van der Waals surface area contributed by atoms with Crippen molar-refractivity contribution >= 4 is 23.8 Å². The molecule has 26 heavy (non-hydrogen) atoms. The highest BCUT2D eigenvalue weighted by molar-refractivity contribution is 5.93. The standard InChI is InChI=1S/C18H30N2O6/c1-4-7-12(8-5-2)16(22)19-13(11-15(21)26-3)17(23)20-10-6-9-14(20)18(24)25/h12-14H,4-11H2,1-3H3,(H,19,22)(H,24,25)/t13-,14?/m0/s1. The van der Waals surface area contributed by atoms with E-state index in [9.17, 15) is 24.3 Å². The molecular weight excluding hydrogens is 340 g/mol. The van der Waals surface area contributed by atoms with E-state index >= 15 is 0 Å². The molecule has 2 N–H and O–H groups in total. The minimum Gasteiger partial charge on any atom is -0.480 e. The fourth-order valence-corrected chi connectivity index (χ4v) is 3.33. The maximum absolute atomic E-state index is 12.8. The maximum Gasteiger partial charge on any atom is 0.326 e. The number of carboxylic acids is 1. The van der Waals surface area contributed by atoms with E-state index in [1.54, 1.807) is 0 Å². The Labute approximate surface area is 154 Å². The summed E-state index contributed by atoms with van der Waals surface area (Å²) in [4.78, 5) is 49.7. The van der Waals surface area contributed by atoms with E-state index < -0.39 is 29.9 Å². The van der Waals surface area contributed by atoms with Crippen molar-refractivity contribution in [2.75, 3.05) is 13.7 Å². The Bertz CT molecular complexity index is 516. The summed E-state index contributed by atoms with van der Waals surface area (Å²) in [7, 11) is 1.21. The van der Waals surface area contributed by atoms with Crippen molar-refractivity contribution in [3.05, 3.63) is 0 Å². The molecule has 2 amide bonds. The van der Waals surface area contributed by atoms with Gasteiger partial charge >= 0.3 is 11.9 Å². The first-order valence-corrected chi connectivity index (χ1v) is 9.26. The van der Waals surface area contributed by atoms with Crippen LogP contribution in [0.3, 0.4) is 0 Å². The number of amides is 2. The number of carboxylic acid groups (broad SMARTS) is 1. The monoisotopic (exact) mass is 370 g/mol. The van der Waals surface area contributed by atoms with Crippen LogP contribution in [0.25, 0.3) is 0 Å². The van der Waals surface area contributed by atoms with Gasteiger partial charge in [0.05, 0.1) is 13.5 Å². The van der Waals surface area contributed by atoms with Crippen LogP contribution < -0.4 is 5.32 Å². The van der Waals surface area contributed by atoms with Crippen molar-refractivity contribution in [3.8, 4) is 0 Å². The van der Waals surface area contributed by atoms with Crippen LogP contribution in [0, 0.1) is 5.92 Å². The average Bonchev–Trinajstić information content (AvgIpc) is 3.10. The van der Waals surface area contributed by atoms with Gasteiger partial charge in [-0.05, 0) is 25.7 Å². The molecule has 8 heteroatoms. The Morgan fingerprint density at radius 2 is 1.81 bits per heavy atom. The molecule has 0 aromatic carbocycles. The fourth-order valence-electron chi connectivity index (χ4n) is 3.33. The third-order valence-electron chi connectivity index (χ3n) is 4.68. The van der Waals surface area contributed by atoms with Crippen molar-refractivity contribution in [2.45, 2.75) is 70.9 Å². The molecule has 1 fully saturated rings. The minimum absolute atomic E-state index is 0.230. The first kappa shape index (κ1) is 21.9. The number of hydrogen-bond acceptors (Lipinski definition) is 5. The van der Waals surface area contributed by atoms with Gasteiger partial charge in [-0.2, -0.15) is 0 Å². The Balaban J connectivity index is 2.92. The summed E-state index contributed by atoms with van der Waals surface area (Å²) in [6.45, 7) is 4.26. The lowest BCUT2D eigenvalue weighted by Gasteiger charge is -2.28. The molecule has 1 unspecified atom stereocenters. The molecular formula is C18H30N2O6. The largest absolute Gasteiger partial charge is 0.480 e. The first-order chi connectivity index (χ1) is 12.3. The Morgan fingerprint density at radius 3 is 2.31 bits per heavy atom. The summed E-state index contributed by atoms with van der Waals surface area (Å²) < 4.78 is 4.63. The van der Waals surface area contributed by atoms with Crippen LogP contribution in [0.1, 0.15) is 58.8 Å². The highest BCUT2D eigenvalue weighted by Crippen LogP contribution is 2.20. The van der Waals surface area contributed by atoms with Crippen LogP contribution in [0.2, 0.25) is 0 Å². The lowest BCUT2D eigenvalue weighted by Crippen LogP contribution is -2.53. The van der Waals surface area contributed by atoms with Crippen molar-refractivity contribution in [1.29, 1.82) is 0 Å². The van der Waals surface area contributed by atoms with E-state index in [1.807, 2.05) is 13.8 Å². The van der Waals surface area contributed by atoms with Crippen LogP contribution in [0.4, 0.5) is 0 Å². The molecule has 1 rings (SSSR count). The summed E-state index contributed by atoms with van der Waals surface area (Å²) in [6, 6.07) is -2.02. The summed E-state index contributed by atoms with van der Waals surface area (Å²) >= 11 is 0. The molecule has 0 aromatic rings. The van der Waals surface area contributed by atoms with Crippen LogP contribution in [0.15, 0.2) is 0 Å². The SMILES string of the molecule is CCCC(CCC)C(=O)N[C@@H](CC(=O)OC)C(=O)N1CCCC1C(=O)O. The van der Waals surface area contributed by atoms with Crippen molar-refractivity contribution in [2.24, 2.45) is 5.92 Å². The highest BCUT2D eigenvalue weighted by atomic mass is 16.5. The molecule has 1 aliphatic rings. The molecule has 2 atom stereocenters. The zero-order valence-electron chi connectivity index (χ0n) is 15.8. The highest BCUT2D eigenvalue weighted by Gasteiger charge is 2.38. The van der Waals surface area contributed by atoms with Gasteiger partial charge in [0.15, 0.2) is 0 Å². The maximum atomic E-state index is 12.8. The van der Waals surface area contributed by atoms with Crippen LogP contribution in [0.5, 0.6) is 0 Å². The predicted molar refractivity (Wildman–Crippen MR) is 94.2 cm³/mol. The van der Waals surface area contributed by atoms with Gasteiger partial charge in [0.25, 0.3) is 0 Å². The van der Waals surface area contributed by atoms with Gasteiger partial charge in [-0.3, -0.25) is 14.4 Å². The third kappa shape index (κ3) is 6.00. The van der Waals surface area contributed by atoms with Crippen molar-refractivity contribution in [3.63, 3.8) is 0 Å². The number of carbonyl (C=O) groups is 4. The number of carbonyl (C=O) groups excluding carboxylic acids is 3. The van der Waals surface area contributed by atoms with Gasteiger partial charge in [0.1, 0.15) is 12.1 Å². The molecule has 0 bridgehead atoms. The number of methoxy groups -OCH3 is 1. The smallest absolute Gasteiger partial charge is 0.326 e. The van der Waals surface area contributed by atoms with Crippen LogP contribution >= 0.6 is 0 Å². The lowest BCUT2D eigenvalue weighted by molar-refractivity contribution is -0.151. The second-order valence-corrected chi connectivity index (χ2v) is 6.64. The second-order valence-electron chi connectivity index (χ2n) is 6.64. The number of nitrogens with zero attached hydrogens (tertiary/aromatic N) is 1. The normalized spacial score (nSPS) is 17.8. The van der Waals surface area contributed by atoms with Gasteiger partial charge < -0.3 is 20.1 Å². The van der Waals surface area contributed by atoms with E-state index in [-0.39, 0.29) is 18.2 Å². The second kappa shape index (κ2) is 10.8. The molecule has 148 valence electrons. The molecule has 1 saturated heterocycles. The lowest BCUT2D eigenvalue weighted by atomic mass is 9.96. The summed E-state index contributed by atoms with van der Waals surface area (Å²) in [5.74, 6) is -2.75. The minimum atomic E-state index is -1.11. The molecule has 0 saturated carbocycles. The molecule has 8 nitrogen and oxygen atoms in total. The Kier molecular flexibility index (Phi) is 9.09. The van der Waals surface area contributed by atoms with E-state index in [0.29, 0.717) is 32.2 Å². The van der Waals surface area contributed by atoms with E-state index in [2.05, 4.69) is 10.1 Å². The van der Waals surface area contributed by atoms with E-state index in [0.717, 1.165) is 12.8 Å². The number of hydrogen-bond donors (Lipinski definition) is 2. The first-order valence-electron chi connectivity index (χ1n) is 9.26. The van der Waals surface area contributed by atoms with Gasteiger partial charge in [0, 0.05) is 12.5 Å². The van der Waals surface area contributed by atoms with Gasteiger partial charge in [-0.25, -0.2) is 4.79 Å². The molecule has 0 radical (unpaired) electrons. The summed E-state index contributed by atoms with van der Waals surface area (Å²) in [5.41, 5.74) is 0. The predicted octanol–water partition coefficient (Wildman–Crippen LogP) is 1.33. The molecule has 1 heterocycles. The number of nitrogens with one attached hydrogen (secondary N) is 1. The number of likely N-dealkylation sites (tertiary alicyclic amines) is 1. The topological polar surface area (TPSA) is 113 Å². The molecule has 1 aliphatic heterocycles. The van der Waals surface area contributed by atoms with E-state index in [4.69, 9.17) is 0 Å². The quantitative estimate of drug-likeness (QED) is 0.561. The van der Waals surface area contributed by atoms with Gasteiger partial charge in [-0.1, -0.05) is 26.7 Å². The number of rotatable bonds is 10. The Morgan fingerprint density at radius 1 is 1.19 bits per heavy atom. The fraction of sp³-hybridized carbons (Fsp3) is 0.778. The third-order valence-corrected chi connectivity index (χ3v) is 4.68. The van der Waals surface area contributed by atoms with Crippen LogP contribution in [-0.4, -0.2) is 59.5 Å². The molecule has 0 aliphatic carbocycles. The number of esters is 1. The van der Waals surface area contributed by atoms with Gasteiger partial charge in [0.2, 0.25) is 11.8 Å². The average molecular weight is 370 g/mol. The zero-order chi connectivity index (χ0) is 19.7.